The SMILES string of the molecule is COc1cccc(C(c2ccc3cnccc3c2)N2CCCNCC2)c1OC. The molecule has 2 aromatic carbocycles. The van der Waals surface area contributed by atoms with E-state index in [0.717, 1.165) is 55.0 Å². The topological polar surface area (TPSA) is 46.6 Å². The third-order valence-electron chi connectivity index (χ3n) is 5.45. The van der Waals surface area contributed by atoms with Gasteiger partial charge in [0.15, 0.2) is 11.5 Å². The molecular weight excluding hydrogens is 350 g/mol. The van der Waals surface area contributed by atoms with Crippen LogP contribution in [0, 0.1) is 0 Å². The molecule has 5 nitrogen and oxygen atoms in total. The molecule has 0 bridgehead atoms. The van der Waals surface area contributed by atoms with Crippen LogP contribution in [0.2, 0.25) is 0 Å². The number of nitrogens with zero attached hydrogens (tertiary/aromatic N) is 2. The maximum absolute atomic E-state index is 5.80. The van der Waals surface area contributed by atoms with Crippen LogP contribution >= 0.6 is 0 Å². The largest absolute Gasteiger partial charge is 0.493 e. The molecule has 2 heterocycles. The summed E-state index contributed by atoms with van der Waals surface area (Å²) in [5, 5.41) is 5.86. The maximum atomic E-state index is 5.80. The Morgan fingerprint density at radius 2 is 1.93 bits per heavy atom. The van der Waals surface area contributed by atoms with Crippen LogP contribution in [0.3, 0.4) is 0 Å². The van der Waals surface area contributed by atoms with Crippen LogP contribution in [0.1, 0.15) is 23.6 Å². The molecule has 0 saturated carbocycles. The summed E-state index contributed by atoms with van der Waals surface area (Å²) in [5.41, 5.74) is 2.39. The molecule has 1 aliphatic heterocycles. The van der Waals surface area contributed by atoms with Gasteiger partial charge in [-0.05, 0) is 42.1 Å². The summed E-state index contributed by atoms with van der Waals surface area (Å²) in [7, 11) is 3.41. The van der Waals surface area contributed by atoms with E-state index in [2.05, 4.69) is 45.5 Å². The number of para-hydroxylation sites is 1. The molecule has 28 heavy (non-hydrogen) atoms. The summed E-state index contributed by atoms with van der Waals surface area (Å²) in [6.45, 7) is 4.06. The van der Waals surface area contributed by atoms with E-state index >= 15 is 0 Å². The number of pyridine rings is 1. The predicted molar refractivity (Wildman–Crippen MR) is 112 cm³/mol. The summed E-state index contributed by atoms with van der Waals surface area (Å²) >= 11 is 0. The van der Waals surface area contributed by atoms with E-state index in [-0.39, 0.29) is 6.04 Å². The minimum Gasteiger partial charge on any atom is -0.493 e. The first kappa shape index (κ1) is 18.7. The number of methoxy groups -OCH3 is 2. The Kier molecular flexibility index (Phi) is 5.74. The highest BCUT2D eigenvalue weighted by atomic mass is 16.5. The lowest BCUT2D eigenvalue weighted by Gasteiger charge is -2.32. The van der Waals surface area contributed by atoms with Gasteiger partial charge in [0.1, 0.15) is 0 Å². The highest BCUT2D eigenvalue weighted by Crippen LogP contribution is 2.40. The van der Waals surface area contributed by atoms with Crippen LogP contribution in [0.5, 0.6) is 11.5 Å². The van der Waals surface area contributed by atoms with Crippen LogP contribution in [0.25, 0.3) is 10.8 Å². The third-order valence-corrected chi connectivity index (χ3v) is 5.45. The lowest BCUT2D eigenvalue weighted by molar-refractivity contribution is 0.234. The molecule has 3 aromatic rings. The normalized spacial score (nSPS) is 16.5. The molecule has 1 aromatic heterocycles. The quantitative estimate of drug-likeness (QED) is 0.736. The Labute approximate surface area is 166 Å². The fourth-order valence-corrected chi connectivity index (χ4v) is 4.11. The van der Waals surface area contributed by atoms with Crippen molar-refractivity contribution >= 4 is 10.8 Å². The van der Waals surface area contributed by atoms with Gasteiger partial charge < -0.3 is 14.8 Å². The summed E-state index contributed by atoms with van der Waals surface area (Å²) in [4.78, 5) is 6.78. The molecule has 4 rings (SSSR count). The van der Waals surface area contributed by atoms with Crippen molar-refractivity contribution in [2.24, 2.45) is 0 Å². The van der Waals surface area contributed by atoms with Crippen LogP contribution in [-0.4, -0.2) is 50.3 Å². The molecule has 1 atom stereocenters. The minimum atomic E-state index is 0.0996. The van der Waals surface area contributed by atoms with Crippen molar-refractivity contribution in [2.45, 2.75) is 12.5 Å². The van der Waals surface area contributed by atoms with E-state index < -0.39 is 0 Å². The van der Waals surface area contributed by atoms with Crippen molar-refractivity contribution in [1.29, 1.82) is 0 Å². The molecule has 1 N–H and O–H groups in total. The number of hydrogen-bond donors (Lipinski definition) is 1. The number of ether oxygens (including phenoxy) is 2. The highest BCUT2D eigenvalue weighted by Gasteiger charge is 2.27. The van der Waals surface area contributed by atoms with Crippen LogP contribution < -0.4 is 14.8 Å². The van der Waals surface area contributed by atoms with Crippen molar-refractivity contribution in [3.63, 3.8) is 0 Å². The molecule has 1 saturated heterocycles. The molecule has 1 fully saturated rings. The van der Waals surface area contributed by atoms with Crippen molar-refractivity contribution < 1.29 is 9.47 Å². The van der Waals surface area contributed by atoms with Crippen LogP contribution in [0.15, 0.2) is 54.9 Å². The van der Waals surface area contributed by atoms with Crippen molar-refractivity contribution in [1.82, 2.24) is 15.2 Å². The summed E-state index contributed by atoms with van der Waals surface area (Å²) in [6.07, 6.45) is 4.89. The van der Waals surface area contributed by atoms with Gasteiger partial charge in [-0.1, -0.05) is 24.3 Å². The van der Waals surface area contributed by atoms with Crippen molar-refractivity contribution in [3.8, 4) is 11.5 Å². The second-order valence-electron chi connectivity index (χ2n) is 7.11. The lowest BCUT2D eigenvalue weighted by atomic mass is 9.94. The van der Waals surface area contributed by atoms with Gasteiger partial charge in [0.05, 0.1) is 20.3 Å². The van der Waals surface area contributed by atoms with Gasteiger partial charge in [0.2, 0.25) is 0 Å². The molecule has 0 aliphatic carbocycles. The smallest absolute Gasteiger partial charge is 0.165 e. The number of aromatic nitrogens is 1. The van der Waals surface area contributed by atoms with E-state index in [1.807, 2.05) is 24.5 Å². The second-order valence-corrected chi connectivity index (χ2v) is 7.11. The molecule has 0 radical (unpaired) electrons. The third kappa shape index (κ3) is 3.68. The summed E-state index contributed by atoms with van der Waals surface area (Å²) in [6, 6.07) is 15.0. The Balaban J connectivity index is 1.86. The number of fused-ring (bicyclic) bond motifs is 1. The first-order valence-electron chi connectivity index (χ1n) is 9.81. The van der Waals surface area contributed by atoms with E-state index in [0.29, 0.717) is 0 Å². The van der Waals surface area contributed by atoms with Gasteiger partial charge in [0, 0.05) is 43.0 Å². The van der Waals surface area contributed by atoms with Crippen LogP contribution in [-0.2, 0) is 0 Å². The zero-order valence-corrected chi connectivity index (χ0v) is 16.5. The van der Waals surface area contributed by atoms with Gasteiger partial charge in [0.25, 0.3) is 0 Å². The zero-order chi connectivity index (χ0) is 19.3. The highest BCUT2D eigenvalue weighted by molar-refractivity contribution is 5.82. The van der Waals surface area contributed by atoms with Gasteiger partial charge in [-0.15, -0.1) is 0 Å². The molecule has 1 unspecified atom stereocenters. The molecule has 146 valence electrons. The van der Waals surface area contributed by atoms with Gasteiger partial charge >= 0.3 is 0 Å². The lowest BCUT2D eigenvalue weighted by Crippen LogP contribution is -2.33. The maximum Gasteiger partial charge on any atom is 0.165 e. The average Bonchev–Trinajstić information content (AvgIpc) is 3.03. The van der Waals surface area contributed by atoms with Crippen LogP contribution in [0.4, 0.5) is 0 Å². The molecule has 0 amide bonds. The monoisotopic (exact) mass is 377 g/mol. The zero-order valence-electron chi connectivity index (χ0n) is 16.5. The Hall–Kier alpha value is -2.63. The van der Waals surface area contributed by atoms with E-state index in [1.165, 1.54) is 10.9 Å². The number of nitrogens with one attached hydrogen (secondary N) is 1. The summed E-state index contributed by atoms with van der Waals surface area (Å²) in [5.74, 6) is 1.57. The standard InChI is InChI=1S/C23H27N3O2/c1-27-21-6-3-5-20(23(21)28-2)22(26-13-4-10-24-12-14-26)18-7-8-19-16-25-11-9-17(19)15-18/h3,5-9,11,15-16,22,24H,4,10,12-14H2,1-2H3. The molecule has 0 spiro atoms. The summed E-state index contributed by atoms with van der Waals surface area (Å²) < 4.78 is 11.4. The Morgan fingerprint density at radius 1 is 1.00 bits per heavy atom. The Morgan fingerprint density at radius 3 is 2.79 bits per heavy atom. The van der Waals surface area contributed by atoms with Crippen molar-refractivity contribution in [2.75, 3.05) is 40.4 Å². The first-order chi connectivity index (χ1) is 13.8. The molecular formula is C23H27N3O2. The first-order valence-corrected chi connectivity index (χ1v) is 9.81. The number of rotatable bonds is 5. The van der Waals surface area contributed by atoms with Gasteiger partial charge in [-0.3, -0.25) is 9.88 Å². The average molecular weight is 377 g/mol. The van der Waals surface area contributed by atoms with Crippen molar-refractivity contribution in [3.05, 3.63) is 66.0 Å². The second kappa shape index (κ2) is 8.59. The fraction of sp³-hybridized carbons (Fsp3) is 0.348. The van der Waals surface area contributed by atoms with E-state index in [1.54, 1.807) is 14.2 Å². The predicted octanol–water partition coefficient (Wildman–Crippen LogP) is 3.64. The number of hydrogen-bond acceptors (Lipinski definition) is 5. The minimum absolute atomic E-state index is 0.0996. The van der Waals surface area contributed by atoms with E-state index in [4.69, 9.17) is 9.47 Å². The molecule has 1 aliphatic rings. The van der Waals surface area contributed by atoms with Gasteiger partial charge in [-0.25, -0.2) is 0 Å². The molecule has 5 heteroatoms. The fourth-order valence-electron chi connectivity index (χ4n) is 4.11. The van der Waals surface area contributed by atoms with E-state index in [9.17, 15) is 0 Å². The number of benzene rings is 2. The Bertz CT molecular complexity index is 936. The van der Waals surface area contributed by atoms with Gasteiger partial charge in [-0.2, -0.15) is 0 Å².